The predicted octanol–water partition coefficient (Wildman–Crippen LogP) is 2.47. The largest absolute Gasteiger partial charge is 0.198 e. The van der Waals surface area contributed by atoms with Gasteiger partial charge in [0, 0.05) is 10.3 Å². The number of halogens is 1. The van der Waals surface area contributed by atoms with Crippen molar-refractivity contribution in [3.8, 4) is 6.07 Å². The molecule has 1 heterocycles. The standard InChI is InChI=1S/C6H4ClNS/c7-5-3-6(1-2-8)9-4-5/h3-4H,1H2. The molecule has 3 heteroatoms. The maximum absolute atomic E-state index is 8.24. The smallest absolute Gasteiger partial charge is 0.0696 e. The lowest BCUT2D eigenvalue weighted by Gasteiger charge is -1.77. The van der Waals surface area contributed by atoms with Gasteiger partial charge < -0.3 is 0 Å². The number of nitriles is 1. The number of rotatable bonds is 1. The lowest BCUT2D eigenvalue weighted by atomic mass is 10.4. The van der Waals surface area contributed by atoms with Gasteiger partial charge in [0.15, 0.2) is 0 Å². The third-order valence-corrected chi connectivity index (χ3v) is 2.16. The van der Waals surface area contributed by atoms with Crippen LogP contribution in [0.2, 0.25) is 5.02 Å². The second-order valence-electron chi connectivity index (χ2n) is 1.57. The average Bonchev–Trinajstić information content (AvgIpc) is 2.17. The van der Waals surface area contributed by atoms with Gasteiger partial charge in [-0.2, -0.15) is 5.26 Å². The molecule has 0 saturated carbocycles. The summed E-state index contributed by atoms with van der Waals surface area (Å²) in [6, 6.07) is 3.86. The fourth-order valence-electron chi connectivity index (χ4n) is 0.524. The van der Waals surface area contributed by atoms with Gasteiger partial charge in [0.25, 0.3) is 0 Å². The Morgan fingerprint density at radius 2 is 2.56 bits per heavy atom. The van der Waals surface area contributed by atoms with Crippen molar-refractivity contribution in [1.29, 1.82) is 5.26 Å². The van der Waals surface area contributed by atoms with E-state index >= 15 is 0 Å². The van der Waals surface area contributed by atoms with Crippen LogP contribution in [0.5, 0.6) is 0 Å². The zero-order valence-electron chi connectivity index (χ0n) is 4.60. The molecule has 0 radical (unpaired) electrons. The topological polar surface area (TPSA) is 23.8 Å². The molecule has 0 aromatic carbocycles. The Morgan fingerprint density at radius 3 is 3.00 bits per heavy atom. The van der Waals surface area contributed by atoms with Crippen LogP contribution in [-0.4, -0.2) is 0 Å². The second kappa shape index (κ2) is 2.86. The highest BCUT2D eigenvalue weighted by atomic mass is 35.5. The molecular weight excluding hydrogens is 154 g/mol. The SMILES string of the molecule is N#CCc1cc(Cl)cs1. The summed E-state index contributed by atoms with van der Waals surface area (Å²) in [5.41, 5.74) is 0. The van der Waals surface area contributed by atoms with Crippen molar-refractivity contribution in [2.75, 3.05) is 0 Å². The molecular formula is C6H4ClNS. The van der Waals surface area contributed by atoms with E-state index in [1.54, 1.807) is 0 Å². The average molecular weight is 158 g/mol. The van der Waals surface area contributed by atoms with Gasteiger partial charge in [-0.1, -0.05) is 11.6 Å². The summed E-state index contributed by atoms with van der Waals surface area (Å²) in [5.74, 6) is 0. The van der Waals surface area contributed by atoms with E-state index in [1.807, 2.05) is 17.5 Å². The second-order valence-corrected chi connectivity index (χ2v) is 3.00. The van der Waals surface area contributed by atoms with Crippen molar-refractivity contribution in [3.05, 3.63) is 21.3 Å². The predicted molar refractivity (Wildman–Crippen MR) is 38.6 cm³/mol. The quantitative estimate of drug-likeness (QED) is 0.615. The molecule has 0 fully saturated rings. The van der Waals surface area contributed by atoms with Gasteiger partial charge in [-0.15, -0.1) is 11.3 Å². The van der Waals surface area contributed by atoms with E-state index in [9.17, 15) is 0 Å². The van der Waals surface area contributed by atoms with Crippen molar-refractivity contribution in [2.24, 2.45) is 0 Å². The Morgan fingerprint density at radius 1 is 1.78 bits per heavy atom. The molecule has 1 nitrogen and oxygen atoms in total. The van der Waals surface area contributed by atoms with Gasteiger partial charge in [0.1, 0.15) is 0 Å². The van der Waals surface area contributed by atoms with Gasteiger partial charge in [0.2, 0.25) is 0 Å². The number of nitrogens with zero attached hydrogens (tertiary/aromatic N) is 1. The Labute approximate surface area is 62.5 Å². The third-order valence-electron chi connectivity index (χ3n) is 0.875. The molecule has 0 saturated heterocycles. The molecule has 0 aliphatic rings. The summed E-state index contributed by atoms with van der Waals surface area (Å²) < 4.78 is 0. The third kappa shape index (κ3) is 1.70. The molecule has 0 amide bonds. The molecule has 1 rings (SSSR count). The lowest BCUT2D eigenvalue weighted by molar-refractivity contribution is 1.32. The highest BCUT2D eigenvalue weighted by Crippen LogP contribution is 2.18. The first-order valence-corrected chi connectivity index (χ1v) is 3.68. The molecule has 0 aliphatic heterocycles. The van der Waals surface area contributed by atoms with Gasteiger partial charge in [-0.3, -0.25) is 0 Å². The molecule has 0 spiro atoms. The lowest BCUT2D eigenvalue weighted by Crippen LogP contribution is -1.68. The number of thiophene rings is 1. The van der Waals surface area contributed by atoms with E-state index in [2.05, 4.69) is 0 Å². The van der Waals surface area contributed by atoms with Gasteiger partial charge in [0.05, 0.1) is 17.5 Å². The van der Waals surface area contributed by atoms with Gasteiger partial charge >= 0.3 is 0 Å². The number of hydrogen-bond donors (Lipinski definition) is 0. The normalized spacial score (nSPS) is 8.89. The molecule has 1 aromatic heterocycles. The summed E-state index contributed by atoms with van der Waals surface area (Å²) in [7, 11) is 0. The minimum atomic E-state index is 0.470. The van der Waals surface area contributed by atoms with Crippen LogP contribution < -0.4 is 0 Å². The first kappa shape index (κ1) is 6.60. The van der Waals surface area contributed by atoms with Crippen LogP contribution in [0.25, 0.3) is 0 Å². The van der Waals surface area contributed by atoms with Crippen LogP contribution >= 0.6 is 22.9 Å². The maximum Gasteiger partial charge on any atom is 0.0696 e. The molecule has 0 aliphatic carbocycles. The molecule has 0 bridgehead atoms. The van der Waals surface area contributed by atoms with Crippen LogP contribution in [0.15, 0.2) is 11.4 Å². The summed E-state index contributed by atoms with van der Waals surface area (Å²) in [4.78, 5) is 1.03. The van der Waals surface area contributed by atoms with E-state index in [1.165, 1.54) is 11.3 Å². The van der Waals surface area contributed by atoms with Crippen LogP contribution in [0.4, 0.5) is 0 Å². The summed E-state index contributed by atoms with van der Waals surface area (Å²) in [6.45, 7) is 0. The Bertz CT molecular complexity index is 235. The number of hydrogen-bond acceptors (Lipinski definition) is 2. The first-order valence-electron chi connectivity index (χ1n) is 2.43. The van der Waals surface area contributed by atoms with Crippen molar-refractivity contribution < 1.29 is 0 Å². The summed E-state index contributed by atoms with van der Waals surface area (Å²) >= 11 is 7.12. The van der Waals surface area contributed by atoms with E-state index in [4.69, 9.17) is 16.9 Å². The minimum Gasteiger partial charge on any atom is -0.198 e. The highest BCUT2D eigenvalue weighted by Gasteiger charge is 1.94. The monoisotopic (exact) mass is 157 g/mol. The molecule has 1 aromatic rings. The van der Waals surface area contributed by atoms with Crippen LogP contribution in [0, 0.1) is 11.3 Å². The van der Waals surface area contributed by atoms with Crippen molar-refractivity contribution in [3.63, 3.8) is 0 Å². The fraction of sp³-hybridized carbons (Fsp3) is 0.167. The van der Waals surface area contributed by atoms with Crippen LogP contribution in [0.3, 0.4) is 0 Å². The van der Waals surface area contributed by atoms with Gasteiger partial charge in [-0.25, -0.2) is 0 Å². The fourth-order valence-corrected chi connectivity index (χ4v) is 1.53. The molecule has 0 unspecified atom stereocenters. The van der Waals surface area contributed by atoms with Crippen molar-refractivity contribution in [1.82, 2.24) is 0 Å². The molecule has 46 valence electrons. The van der Waals surface area contributed by atoms with Crippen LogP contribution in [0.1, 0.15) is 4.88 Å². The van der Waals surface area contributed by atoms with E-state index in [0.717, 1.165) is 9.90 Å². The van der Waals surface area contributed by atoms with E-state index in [0.29, 0.717) is 6.42 Å². The molecule has 0 N–H and O–H groups in total. The van der Waals surface area contributed by atoms with Crippen LogP contribution in [-0.2, 0) is 6.42 Å². The summed E-state index contributed by atoms with van der Waals surface area (Å²) in [6.07, 6.45) is 0.470. The Hall–Kier alpha value is -0.520. The van der Waals surface area contributed by atoms with E-state index < -0.39 is 0 Å². The maximum atomic E-state index is 8.24. The molecule has 0 atom stereocenters. The highest BCUT2D eigenvalue weighted by molar-refractivity contribution is 7.10. The van der Waals surface area contributed by atoms with E-state index in [-0.39, 0.29) is 0 Å². The van der Waals surface area contributed by atoms with Crippen molar-refractivity contribution >= 4 is 22.9 Å². The zero-order chi connectivity index (χ0) is 6.69. The molecule has 9 heavy (non-hydrogen) atoms. The van der Waals surface area contributed by atoms with Crippen molar-refractivity contribution in [2.45, 2.75) is 6.42 Å². The zero-order valence-corrected chi connectivity index (χ0v) is 6.17. The first-order chi connectivity index (χ1) is 4.33. The Kier molecular flexibility index (Phi) is 2.10. The minimum absolute atomic E-state index is 0.470. The Balaban J connectivity index is 2.76. The van der Waals surface area contributed by atoms with Gasteiger partial charge in [-0.05, 0) is 6.07 Å². The summed E-state index contributed by atoms with van der Waals surface area (Å²) in [5, 5.41) is 10.8.